The molecule has 0 bridgehead atoms. The van der Waals surface area contributed by atoms with Gasteiger partial charge in [0.1, 0.15) is 5.58 Å². The Labute approximate surface area is 121 Å². The number of para-hydroxylation sites is 1. The lowest BCUT2D eigenvalue weighted by Crippen LogP contribution is -2.28. The van der Waals surface area contributed by atoms with Gasteiger partial charge in [0.15, 0.2) is 5.76 Å². The Kier molecular flexibility index (Phi) is 2.73. The molecule has 1 saturated heterocycles. The fourth-order valence-electron chi connectivity index (χ4n) is 2.80. The molecule has 21 heavy (non-hydrogen) atoms. The van der Waals surface area contributed by atoms with Gasteiger partial charge in [-0.2, -0.15) is 0 Å². The van der Waals surface area contributed by atoms with Gasteiger partial charge in [0, 0.05) is 24.7 Å². The molecule has 1 aliphatic heterocycles. The van der Waals surface area contributed by atoms with Gasteiger partial charge in [0.25, 0.3) is 5.91 Å². The molecule has 6 nitrogen and oxygen atoms in total. The van der Waals surface area contributed by atoms with Crippen LogP contribution in [0.2, 0.25) is 0 Å². The van der Waals surface area contributed by atoms with Crippen LogP contribution in [0.5, 0.6) is 0 Å². The number of likely N-dealkylation sites (tertiary alicyclic amines) is 1. The van der Waals surface area contributed by atoms with Crippen molar-refractivity contribution in [3.05, 3.63) is 48.5 Å². The van der Waals surface area contributed by atoms with E-state index in [1.807, 2.05) is 40.0 Å². The highest BCUT2D eigenvalue weighted by Gasteiger charge is 2.30. The number of benzene rings is 1. The summed E-state index contributed by atoms with van der Waals surface area (Å²) >= 11 is 0. The van der Waals surface area contributed by atoms with Crippen LogP contribution in [0.1, 0.15) is 23.0 Å². The van der Waals surface area contributed by atoms with Crippen LogP contribution in [0.25, 0.3) is 11.0 Å². The van der Waals surface area contributed by atoms with Crippen molar-refractivity contribution in [3.8, 4) is 0 Å². The Morgan fingerprint density at radius 1 is 1.33 bits per heavy atom. The van der Waals surface area contributed by atoms with Crippen molar-refractivity contribution in [2.45, 2.75) is 12.5 Å². The number of hydrogen-bond donors (Lipinski definition) is 0. The van der Waals surface area contributed by atoms with Gasteiger partial charge in [-0.3, -0.25) is 4.79 Å². The summed E-state index contributed by atoms with van der Waals surface area (Å²) in [5.41, 5.74) is 0.743. The summed E-state index contributed by atoms with van der Waals surface area (Å²) in [6.07, 6.45) is 4.37. The number of fused-ring (bicyclic) bond motifs is 1. The largest absolute Gasteiger partial charge is 0.451 e. The van der Waals surface area contributed by atoms with Gasteiger partial charge in [-0.25, -0.2) is 4.68 Å². The summed E-state index contributed by atoms with van der Waals surface area (Å²) in [4.78, 5) is 14.3. The molecule has 3 aromatic rings. The highest BCUT2D eigenvalue weighted by Crippen LogP contribution is 2.25. The number of amides is 1. The molecular weight excluding hydrogens is 268 g/mol. The molecule has 1 aromatic carbocycles. The summed E-state index contributed by atoms with van der Waals surface area (Å²) in [6, 6.07) is 9.65. The molecule has 1 atom stereocenters. The summed E-state index contributed by atoms with van der Waals surface area (Å²) in [5, 5.41) is 8.77. The average Bonchev–Trinajstić information content (AvgIpc) is 3.24. The van der Waals surface area contributed by atoms with Crippen molar-refractivity contribution in [3.63, 3.8) is 0 Å². The Balaban J connectivity index is 1.55. The SMILES string of the molecule is O=C(c1cc2ccccc2o1)N1CC[C@@H](n2ccnn2)C1. The molecule has 0 aliphatic carbocycles. The lowest BCUT2D eigenvalue weighted by Gasteiger charge is -2.14. The molecule has 0 N–H and O–H groups in total. The van der Waals surface area contributed by atoms with Gasteiger partial charge in [-0.1, -0.05) is 23.4 Å². The normalized spacial score (nSPS) is 18.5. The fraction of sp³-hybridized carbons (Fsp3) is 0.267. The van der Waals surface area contributed by atoms with E-state index in [0.717, 1.165) is 17.4 Å². The Bertz CT molecular complexity index is 745. The molecule has 106 valence electrons. The van der Waals surface area contributed by atoms with Crippen LogP contribution >= 0.6 is 0 Å². The van der Waals surface area contributed by atoms with Crippen molar-refractivity contribution in [2.75, 3.05) is 13.1 Å². The second kappa shape index (κ2) is 4.73. The molecule has 4 rings (SSSR count). The van der Waals surface area contributed by atoms with Crippen LogP contribution in [-0.2, 0) is 0 Å². The Morgan fingerprint density at radius 3 is 3.05 bits per heavy atom. The van der Waals surface area contributed by atoms with Crippen LogP contribution < -0.4 is 0 Å². The zero-order valence-electron chi connectivity index (χ0n) is 11.3. The van der Waals surface area contributed by atoms with Gasteiger partial charge < -0.3 is 9.32 Å². The summed E-state index contributed by atoms with van der Waals surface area (Å²) < 4.78 is 7.45. The maximum atomic E-state index is 12.5. The van der Waals surface area contributed by atoms with E-state index in [9.17, 15) is 4.79 Å². The van der Waals surface area contributed by atoms with Crippen molar-refractivity contribution in [1.29, 1.82) is 0 Å². The first-order valence-electron chi connectivity index (χ1n) is 6.95. The Hall–Kier alpha value is -2.63. The third kappa shape index (κ3) is 2.08. The molecule has 1 amide bonds. The number of nitrogens with zero attached hydrogens (tertiary/aromatic N) is 4. The van der Waals surface area contributed by atoms with Crippen LogP contribution in [0.15, 0.2) is 47.1 Å². The Morgan fingerprint density at radius 2 is 2.24 bits per heavy atom. The molecule has 1 aliphatic rings. The minimum atomic E-state index is -0.0613. The van der Waals surface area contributed by atoms with Gasteiger partial charge in [0.2, 0.25) is 0 Å². The fourth-order valence-corrected chi connectivity index (χ4v) is 2.80. The molecular formula is C15H14N4O2. The van der Waals surface area contributed by atoms with E-state index in [-0.39, 0.29) is 11.9 Å². The zero-order valence-corrected chi connectivity index (χ0v) is 11.3. The maximum absolute atomic E-state index is 12.5. The van der Waals surface area contributed by atoms with E-state index in [2.05, 4.69) is 10.3 Å². The van der Waals surface area contributed by atoms with Gasteiger partial charge >= 0.3 is 0 Å². The number of rotatable bonds is 2. The summed E-state index contributed by atoms with van der Waals surface area (Å²) in [6.45, 7) is 1.35. The lowest BCUT2D eigenvalue weighted by molar-refractivity contribution is 0.0757. The minimum absolute atomic E-state index is 0.0613. The van der Waals surface area contributed by atoms with Crippen LogP contribution in [-0.4, -0.2) is 38.9 Å². The predicted octanol–water partition coefficient (Wildman–Crippen LogP) is 2.11. The summed E-state index contributed by atoms with van der Waals surface area (Å²) in [7, 11) is 0. The lowest BCUT2D eigenvalue weighted by atomic mass is 10.2. The topological polar surface area (TPSA) is 64.2 Å². The van der Waals surface area contributed by atoms with Gasteiger partial charge in [-0.05, 0) is 18.6 Å². The first-order chi connectivity index (χ1) is 10.3. The van der Waals surface area contributed by atoms with Crippen LogP contribution in [0.4, 0.5) is 0 Å². The molecule has 2 aromatic heterocycles. The smallest absolute Gasteiger partial charge is 0.289 e. The third-order valence-electron chi connectivity index (χ3n) is 3.90. The maximum Gasteiger partial charge on any atom is 0.289 e. The van der Waals surface area contributed by atoms with Gasteiger partial charge in [0.05, 0.1) is 12.2 Å². The number of carbonyl (C=O) groups excluding carboxylic acids is 1. The van der Waals surface area contributed by atoms with E-state index in [1.165, 1.54) is 0 Å². The molecule has 0 saturated carbocycles. The molecule has 1 fully saturated rings. The van der Waals surface area contributed by atoms with E-state index in [0.29, 0.717) is 18.8 Å². The molecule has 0 spiro atoms. The average molecular weight is 282 g/mol. The predicted molar refractivity (Wildman–Crippen MR) is 75.8 cm³/mol. The highest BCUT2D eigenvalue weighted by molar-refractivity contribution is 5.96. The number of aromatic nitrogens is 3. The van der Waals surface area contributed by atoms with Crippen molar-refractivity contribution >= 4 is 16.9 Å². The van der Waals surface area contributed by atoms with E-state index >= 15 is 0 Å². The van der Waals surface area contributed by atoms with Crippen LogP contribution in [0.3, 0.4) is 0 Å². The van der Waals surface area contributed by atoms with E-state index in [1.54, 1.807) is 12.3 Å². The third-order valence-corrected chi connectivity index (χ3v) is 3.90. The second-order valence-corrected chi connectivity index (χ2v) is 5.23. The monoisotopic (exact) mass is 282 g/mol. The first-order valence-corrected chi connectivity index (χ1v) is 6.95. The molecule has 6 heteroatoms. The van der Waals surface area contributed by atoms with Crippen molar-refractivity contribution in [1.82, 2.24) is 19.9 Å². The number of furan rings is 1. The standard InChI is InChI=1S/C15H14N4O2/c20-15(14-9-11-3-1-2-4-13(11)21-14)18-7-5-12(10-18)19-8-6-16-17-19/h1-4,6,8-9,12H,5,7,10H2/t12-/m1/s1. The van der Waals surface area contributed by atoms with Crippen LogP contribution in [0, 0.1) is 0 Å². The van der Waals surface area contributed by atoms with Crippen molar-refractivity contribution < 1.29 is 9.21 Å². The van der Waals surface area contributed by atoms with E-state index in [4.69, 9.17) is 4.42 Å². The molecule has 0 radical (unpaired) electrons. The van der Waals surface area contributed by atoms with Gasteiger partial charge in [-0.15, -0.1) is 5.10 Å². The van der Waals surface area contributed by atoms with E-state index < -0.39 is 0 Å². The van der Waals surface area contributed by atoms with Crippen molar-refractivity contribution in [2.24, 2.45) is 0 Å². The first kappa shape index (κ1) is 12.1. The minimum Gasteiger partial charge on any atom is -0.451 e. The number of hydrogen-bond acceptors (Lipinski definition) is 4. The second-order valence-electron chi connectivity index (χ2n) is 5.23. The highest BCUT2D eigenvalue weighted by atomic mass is 16.3. The number of carbonyl (C=O) groups is 1. The quantitative estimate of drug-likeness (QED) is 0.722. The molecule has 0 unspecified atom stereocenters. The molecule has 3 heterocycles. The zero-order chi connectivity index (χ0) is 14.2. The summed E-state index contributed by atoms with van der Waals surface area (Å²) in [5.74, 6) is 0.337.